The molecule has 1 aromatic carbocycles. The van der Waals surface area contributed by atoms with Crippen molar-refractivity contribution < 1.29 is 29.0 Å². The molecule has 0 spiro atoms. The lowest BCUT2D eigenvalue weighted by Crippen LogP contribution is -2.43. The van der Waals surface area contributed by atoms with Crippen LogP contribution in [0.15, 0.2) is 36.4 Å². The standard InChI is InChI=1S/C17H15NO6/c1-23-16(22)9-4-2-3-5-10(9)18-14(20)12-11-6-7-17(8-19,24-11)13(12)15(18)21/h2-7,11-13,19H,8H2,1H3/t11-,12-,13+,17+/m1/s1. The summed E-state index contributed by atoms with van der Waals surface area (Å²) >= 11 is 0. The summed E-state index contributed by atoms with van der Waals surface area (Å²) in [4.78, 5) is 38.8. The first kappa shape index (κ1) is 15.0. The number of carbonyl (C=O) groups is 3. The Morgan fingerprint density at radius 1 is 1.33 bits per heavy atom. The molecule has 24 heavy (non-hydrogen) atoms. The maximum atomic E-state index is 12.9. The molecule has 3 aliphatic rings. The van der Waals surface area contributed by atoms with Crippen molar-refractivity contribution >= 4 is 23.5 Å². The van der Waals surface area contributed by atoms with E-state index in [1.54, 1.807) is 24.3 Å². The first-order valence-corrected chi connectivity index (χ1v) is 7.57. The molecule has 1 aromatic rings. The van der Waals surface area contributed by atoms with Gasteiger partial charge < -0.3 is 14.6 Å². The summed E-state index contributed by atoms with van der Waals surface area (Å²) in [5.74, 6) is -2.98. The van der Waals surface area contributed by atoms with Crippen LogP contribution in [0.1, 0.15) is 10.4 Å². The van der Waals surface area contributed by atoms with Gasteiger partial charge in [0.15, 0.2) is 0 Å². The second kappa shape index (κ2) is 4.99. The number of methoxy groups -OCH3 is 1. The zero-order valence-corrected chi connectivity index (χ0v) is 12.8. The molecule has 2 saturated heterocycles. The van der Waals surface area contributed by atoms with Crippen molar-refractivity contribution in [1.29, 1.82) is 0 Å². The molecule has 0 radical (unpaired) electrons. The third kappa shape index (κ3) is 1.71. The van der Waals surface area contributed by atoms with Crippen molar-refractivity contribution in [1.82, 2.24) is 0 Å². The van der Waals surface area contributed by atoms with Gasteiger partial charge in [0.25, 0.3) is 0 Å². The predicted molar refractivity (Wildman–Crippen MR) is 81.1 cm³/mol. The molecule has 3 heterocycles. The molecule has 2 bridgehead atoms. The molecule has 2 fully saturated rings. The Morgan fingerprint density at radius 3 is 2.79 bits per heavy atom. The summed E-state index contributed by atoms with van der Waals surface area (Å²) in [5.41, 5.74) is -0.820. The van der Waals surface area contributed by atoms with Gasteiger partial charge in [-0.15, -0.1) is 0 Å². The van der Waals surface area contributed by atoms with E-state index in [9.17, 15) is 19.5 Å². The highest BCUT2D eigenvalue weighted by atomic mass is 16.5. The fraction of sp³-hybridized carbons (Fsp3) is 0.353. The van der Waals surface area contributed by atoms with Crippen molar-refractivity contribution in [2.45, 2.75) is 11.7 Å². The van der Waals surface area contributed by atoms with Crippen LogP contribution in [0.5, 0.6) is 0 Å². The lowest BCUT2D eigenvalue weighted by molar-refractivity contribution is -0.128. The Balaban J connectivity index is 1.80. The number of benzene rings is 1. The molecule has 7 heteroatoms. The summed E-state index contributed by atoms with van der Waals surface area (Å²) in [5, 5.41) is 9.70. The molecular weight excluding hydrogens is 314 g/mol. The van der Waals surface area contributed by atoms with Gasteiger partial charge in [0, 0.05) is 0 Å². The normalized spacial score (nSPS) is 33.2. The van der Waals surface area contributed by atoms with E-state index in [1.165, 1.54) is 19.2 Å². The van der Waals surface area contributed by atoms with Gasteiger partial charge in [0.2, 0.25) is 11.8 Å². The van der Waals surface area contributed by atoms with Gasteiger partial charge in [0.05, 0.1) is 42.9 Å². The van der Waals surface area contributed by atoms with Gasteiger partial charge in [-0.25, -0.2) is 9.69 Å². The van der Waals surface area contributed by atoms with Gasteiger partial charge in [-0.3, -0.25) is 9.59 Å². The summed E-state index contributed by atoms with van der Waals surface area (Å²) in [6.07, 6.45) is 2.83. The Kier molecular flexibility index (Phi) is 3.13. The maximum absolute atomic E-state index is 12.9. The number of aliphatic hydroxyl groups is 1. The van der Waals surface area contributed by atoms with Crippen LogP contribution < -0.4 is 4.90 Å². The summed E-state index contributed by atoms with van der Waals surface area (Å²) in [7, 11) is 1.24. The van der Waals surface area contributed by atoms with Crippen LogP contribution >= 0.6 is 0 Å². The quantitative estimate of drug-likeness (QED) is 0.486. The second-order valence-corrected chi connectivity index (χ2v) is 6.08. The number of fused-ring (bicyclic) bond motifs is 5. The largest absolute Gasteiger partial charge is 0.465 e. The maximum Gasteiger partial charge on any atom is 0.339 e. The number of para-hydroxylation sites is 1. The van der Waals surface area contributed by atoms with Crippen LogP contribution in [0.2, 0.25) is 0 Å². The Morgan fingerprint density at radius 2 is 2.08 bits per heavy atom. The number of amides is 2. The average Bonchev–Trinajstić information content (AvgIpc) is 3.25. The number of rotatable bonds is 3. The minimum Gasteiger partial charge on any atom is -0.465 e. The molecule has 124 valence electrons. The lowest BCUT2D eigenvalue weighted by Gasteiger charge is -2.26. The highest BCUT2D eigenvalue weighted by Crippen LogP contribution is 2.52. The molecule has 7 nitrogen and oxygen atoms in total. The van der Waals surface area contributed by atoms with Crippen LogP contribution in [0.3, 0.4) is 0 Å². The van der Waals surface area contributed by atoms with Gasteiger partial charge >= 0.3 is 5.97 Å². The zero-order chi connectivity index (χ0) is 17.1. The molecule has 1 N–H and O–H groups in total. The highest BCUT2D eigenvalue weighted by molar-refractivity contribution is 6.25. The SMILES string of the molecule is COC(=O)c1ccccc1N1C(=O)[C@H]2[C@@H](C1=O)[C@@]1(CO)C=C[C@H]2O1. The summed E-state index contributed by atoms with van der Waals surface area (Å²) in [6, 6.07) is 6.30. The fourth-order valence-corrected chi connectivity index (χ4v) is 3.87. The number of carbonyl (C=O) groups excluding carboxylic acids is 3. The van der Waals surface area contributed by atoms with Crippen molar-refractivity contribution in [2.24, 2.45) is 11.8 Å². The van der Waals surface area contributed by atoms with Crippen LogP contribution in [0.4, 0.5) is 5.69 Å². The van der Waals surface area contributed by atoms with E-state index < -0.39 is 41.3 Å². The molecular formula is C17H15NO6. The van der Waals surface area contributed by atoms with Crippen LogP contribution in [-0.2, 0) is 19.1 Å². The van der Waals surface area contributed by atoms with E-state index >= 15 is 0 Å². The van der Waals surface area contributed by atoms with Gasteiger partial charge in [0.1, 0.15) is 5.60 Å². The number of hydrogen-bond donors (Lipinski definition) is 1. The number of nitrogens with zero attached hydrogens (tertiary/aromatic N) is 1. The molecule has 0 unspecified atom stereocenters. The van der Waals surface area contributed by atoms with E-state index in [0.717, 1.165) is 4.90 Å². The molecule has 3 aliphatic heterocycles. The zero-order valence-electron chi connectivity index (χ0n) is 12.8. The minimum atomic E-state index is -1.16. The molecule has 4 atom stereocenters. The lowest BCUT2D eigenvalue weighted by atomic mass is 9.77. The van der Waals surface area contributed by atoms with Crippen molar-refractivity contribution in [3.63, 3.8) is 0 Å². The van der Waals surface area contributed by atoms with E-state index in [1.807, 2.05) is 0 Å². The van der Waals surface area contributed by atoms with Crippen molar-refractivity contribution in [3.05, 3.63) is 42.0 Å². The minimum absolute atomic E-state index is 0.140. The molecule has 0 aromatic heterocycles. The first-order valence-electron chi connectivity index (χ1n) is 7.57. The number of esters is 1. The van der Waals surface area contributed by atoms with E-state index in [0.29, 0.717) is 0 Å². The fourth-order valence-electron chi connectivity index (χ4n) is 3.87. The van der Waals surface area contributed by atoms with Crippen LogP contribution in [0.25, 0.3) is 0 Å². The van der Waals surface area contributed by atoms with E-state index in [4.69, 9.17) is 9.47 Å². The van der Waals surface area contributed by atoms with Crippen molar-refractivity contribution in [3.8, 4) is 0 Å². The van der Waals surface area contributed by atoms with Gasteiger partial charge in [-0.1, -0.05) is 24.3 Å². The predicted octanol–water partition coefficient (Wildman–Crippen LogP) is 0.279. The Bertz CT molecular complexity index is 787. The topological polar surface area (TPSA) is 93.1 Å². The number of ether oxygens (including phenoxy) is 2. The van der Waals surface area contributed by atoms with Crippen LogP contribution in [0, 0.1) is 11.8 Å². The number of aliphatic hydroxyl groups excluding tert-OH is 1. The summed E-state index contributed by atoms with van der Waals surface area (Å²) < 4.78 is 10.4. The van der Waals surface area contributed by atoms with Gasteiger partial charge in [-0.2, -0.15) is 0 Å². The number of imide groups is 1. The first-order chi connectivity index (χ1) is 11.5. The highest BCUT2D eigenvalue weighted by Gasteiger charge is 2.67. The number of hydrogen-bond acceptors (Lipinski definition) is 6. The second-order valence-electron chi connectivity index (χ2n) is 6.08. The Hall–Kier alpha value is -2.51. The molecule has 2 amide bonds. The molecule has 0 saturated carbocycles. The number of anilines is 1. The van der Waals surface area contributed by atoms with Gasteiger partial charge in [-0.05, 0) is 12.1 Å². The molecule has 0 aliphatic carbocycles. The average molecular weight is 329 g/mol. The molecule has 4 rings (SSSR count). The van der Waals surface area contributed by atoms with Crippen LogP contribution in [-0.4, -0.2) is 48.3 Å². The summed E-state index contributed by atoms with van der Waals surface area (Å²) in [6.45, 7) is -0.382. The smallest absolute Gasteiger partial charge is 0.339 e. The van der Waals surface area contributed by atoms with E-state index in [2.05, 4.69) is 0 Å². The monoisotopic (exact) mass is 329 g/mol. The Labute approximate surface area is 137 Å². The van der Waals surface area contributed by atoms with E-state index in [-0.39, 0.29) is 17.9 Å². The van der Waals surface area contributed by atoms with Crippen molar-refractivity contribution in [2.75, 3.05) is 18.6 Å². The third-order valence-electron chi connectivity index (χ3n) is 4.95. The third-order valence-corrected chi connectivity index (χ3v) is 4.95.